The van der Waals surface area contributed by atoms with E-state index in [1.165, 1.54) is 0 Å². The Morgan fingerprint density at radius 3 is 3.24 bits per heavy atom. The van der Waals surface area contributed by atoms with E-state index in [1.54, 1.807) is 6.07 Å². The second-order valence-electron chi connectivity index (χ2n) is 4.40. The summed E-state index contributed by atoms with van der Waals surface area (Å²) in [5, 5.41) is 9.48. The number of carbonyl (C=O) groups excluding carboxylic acids is 1. The molecule has 1 aliphatic rings. The zero-order valence-corrected chi connectivity index (χ0v) is 10.2. The summed E-state index contributed by atoms with van der Waals surface area (Å²) in [5.74, 6) is -0.161. The third kappa shape index (κ3) is 3.28. The second kappa shape index (κ2) is 5.29. The van der Waals surface area contributed by atoms with Gasteiger partial charge in [-0.1, -0.05) is 0 Å². The van der Waals surface area contributed by atoms with Crippen molar-refractivity contribution in [1.82, 2.24) is 20.4 Å². The van der Waals surface area contributed by atoms with Gasteiger partial charge in [-0.3, -0.25) is 9.89 Å². The molecule has 1 aromatic rings. The molecule has 1 amide bonds. The molecule has 0 spiro atoms. The molecule has 6 heteroatoms. The van der Waals surface area contributed by atoms with E-state index in [9.17, 15) is 4.79 Å². The van der Waals surface area contributed by atoms with Gasteiger partial charge < -0.3 is 15.0 Å². The molecule has 1 aromatic heterocycles. The summed E-state index contributed by atoms with van der Waals surface area (Å²) < 4.78 is 5.56. The van der Waals surface area contributed by atoms with Gasteiger partial charge in [-0.25, -0.2) is 0 Å². The second-order valence-corrected chi connectivity index (χ2v) is 4.40. The normalized spacial score (nSPS) is 21.4. The Bertz CT molecular complexity index is 391. The van der Waals surface area contributed by atoms with E-state index in [1.807, 2.05) is 6.92 Å². The fraction of sp³-hybridized carbons (Fsp3) is 0.636. The summed E-state index contributed by atoms with van der Waals surface area (Å²) in [5.41, 5.74) is 1.30. The van der Waals surface area contributed by atoms with Gasteiger partial charge in [0.1, 0.15) is 5.69 Å². The standard InChI is InChI=1S/C11H18N4O2/c1-8-5-10(14-13-8)11(16)12-6-9-7-15(2)3-4-17-9/h5,9H,3-4,6-7H2,1-2H3,(H,12,16)(H,13,14). The van der Waals surface area contributed by atoms with Crippen molar-refractivity contribution in [3.63, 3.8) is 0 Å². The molecule has 1 unspecified atom stereocenters. The summed E-state index contributed by atoms with van der Waals surface area (Å²) in [6, 6.07) is 1.73. The third-order valence-electron chi connectivity index (χ3n) is 2.77. The number of hydrogen-bond donors (Lipinski definition) is 2. The maximum atomic E-state index is 11.7. The van der Waals surface area contributed by atoms with Crippen molar-refractivity contribution in [3.05, 3.63) is 17.5 Å². The number of aryl methyl sites for hydroxylation is 1. The van der Waals surface area contributed by atoms with Crippen molar-refractivity contribution in [2.24, 2.45) is 0 Å². The first-order valence-corrected chi connectivity index (χ1v) is 5.75. The molecule has 2 N–H and O–H groups in total. The largest absolute Gasteiger partial charge is 0.374 e. The van der Waals surface area contributed by atoms with Crippen molar-refractivity contribution in [3.8, 4) is 0 Å². The number of amides is 1. The number of carbonyl (C=O) groups is 1. The number of nitrogens with one attached hydrogen (secondary N) is 2. The lowest BCUT2D eigenvalue weighted by atomic mass is 10.2. The van der Waals surface area contributed by atoms with Crippen LogP contribution < -0.4 is 5.32 Å². The Morgan fingerprint density at radius 1 is 1.76 bits per heavy atom. The predicted molar refractivity (Wildman–Crippen MR) is 62.9 cm³/mol. The van der Waals surface area contributed by atoms with Crippen LogP contribution in [0.3, 0.4) is 0 Å². The van der Waals surface area contributed by atoms with Gasteiger partial charge in [-0.05, 0) is 20.0 Å². The summed E-state index contributed by atoms with van der Waals surface area (Å²) in [4.78, 5) is 13.9. The van der Waals surface area contributed by atoms with Crippen LogP contribution in [0.1, 0.15) is 16.2 Å². The molecular formula is C11H18N4O2. The fourth-order valence-electron chi connectivity index (χ4n) is 1.82. The SMILES string of the molecule is Cc1cc(C(=O)NCC2CN(C)CCO2)n[nH]1. The van der Waals surface area contributed by atoms with Crippen LogP contribution in [0.25, 0.3) is 0 Å². The Labute approximate surface area is 100 Å². The van der Waals surface area contributed by atoms with Crippen molar-refractivity contribution in [1.29, 1.82) is 0 Å². The van der Waals surface area contributed by atoms with E-state index in [2.05, 4.69) is 27.5 Å². The number of aromatic nitrogens is 2. The molecule has 0 aliphatic carbocycles. The average molecular weight is 238 g/mol. The van der Waals surface area contributed by atoms with Crippen molar-refractivity contribution in [2.75, 3.05) is 33.3 Å². The van der Waals surface area contributed by atoms with Crippen molar-refractivity contribution < 1.29 is 9.53 Å². The molecule has 6 nitrogen and oxygen atoms in total. The molecule has 2 rings (SSSR count). The van der Waals surface area contributed by atoms with E-state index in [0.29, 0.717) is 12.2 Å². The van der Waals surface area contributed by atoms with E-state index >= 15 is 0 Å². The van der Waals surface area contributed by atoms with Gasteiger partial charge in [-0.15, -0.1) is 0 Å². The third-order valence-corrected chi connectivity index (χ3v) is 2.77. The van der Waals surface area contributed by atoms with Crippen LogP contribution in [0, 0.1) is 6.92 Å². The quantitative estimate of drug-likeness (QED) is 0.763. The molecule has 2 heterocycles. The average Bonchev–Trinajstić information content (AvgIpc) is 2.73. The van der Waals surface area contributed by atoms with E-state index in [4.69, 9.17) is 4.74 Å². The number of hydrogen-bond acceptors (Lipinski definition) is 4. The molecular weight excluding hydrogens is 220 g/mol. The fourth-order valence-corrected chi connectivity index (χ4v) is 1.82. The Balaban J connectivity index is 1.80. The Hall–Kier alpha value is -1.40. The van der Waals surface area contributed by atoms with Crippen LogP contribution in [0.4, 0.5) is 0 Å². The minimum absolute atomic E-state index is 0.0674. The van der Waals surface area contributed by atoms with Crippen LogP contribution in [0.5, 0.6) is 0 Å². The minimum Gasteiger partial charge on any atom is -0.374 e. The van der Waals surface area contributed by atoms with Gasteiger partial charge in [0.05, 0.1) is 12.7 Å². The molecule has 0 radical (unpaired) electrons. The summed E-state index contributed by atoms with van der Waals surface area (Å²) in [6.45, 7) is 4.90. The molecule has 1 aliphatic heterocycles. The predicted octanol–water partition coefficient (Wildman–Crippen LogP) is -0.221. The number of aromatic amines is 1. The summed E-state index contributed by atoms with van der Waals surface area (Å²) in [7, 11) is 2.05. The minimum atomic E-state index is -0.161. The summed E-state index contributed by atoms with van der Waals surface area (Å²) in [6.07, 6.45) is 0.0674. The maximum absolute atomic E-state index is 11.7. The van der Waals surface area contributed by atoms with Crippen LogP contribution >= 0.6 is 0 Å². The van der Waals surface area contributed by atoms with Crippen LogP contribution in [-0.4, -0.2) is 60.4 Å². The summed E-state index contributed by atoms with van der Waals surface area (Å²) >= 11 is 0. The van der Waals surface area contributed by atoms with Gasteiger partial charge in [0.2, 0.25) is 0 Å². The lowest BCUT2D eigenvalue weighted by Gasteiger charge is -2.29. The monoisotopic (exact) mass is 238 g/mol. The Morgan fingerprint density at radius 2 is 2.59 bits per heavy atom. The number of rotatable bonds is 3. The van der Waals surface area contributed by atoms with Gasteiger partial charge in [0.25, 0.3) is 5.91 Å². The maximum Gasteiger partial charge on any atom is 0.271 e. The molecule has 0 bridgehead atoms. The highest BCUT2D eigenvalue weighted by Crippen LogP contribution is 2.02. The topological polar surface area (TPSA) is 70.2 Å². The first-order valence-electron chi connectivity index (χ1n) is 5.75. The molecule has 0 aromatic carbocycles. The van der Waals surface area contributed by atoms with Crippen molar-refractivity contribution >= 4 is 5.91 Å². The van der Waals surface area contributed by atoms with E-state index < -0.39 is 0 Å². The zero-order valence-electron chi connectivity index (χ0n) is 10.2. The Kier molecular flexibility index (Phi) is 3.75. The van der Waals surface area contributed by atoms with Gasteiger partial charge in [0.15, 0.2) is 0 Å². The number of likely N-dealkylation sites (N-methyl/N-ethyl adjacent to an activating group) is 1. The van der Waals surface area contributed by atoms with E-state index in [0.717, 1.165) is 25.4 Å². The number of morpholine rings is 1. The number of H-pyrrole nitrogens is 1. The molecule has 0 saturated carbocycles. The molecule has 1 saturated heterocycles. The lowest BCUT2D eigenvalue weighted by molar-refractivity contribution is -0.0175. The first kappa shape index (κ1) is 12.1. The van der Waals surface area contributed by atoms with Crippen molar-refractivity contribution in [2.45, 2.75) is 13.0 Å². The molecule has 17 heavy (non-hydrogen) atoms. The highest BCUT2D eigenvalue weighted by molar-refractivity contribution is 5.92. The highest BCUT2D eigenvalue weighted by Gasteiger charge is 2.19. The molecule has 94 valence electrons. The molecule has 1 fully saturated rings. The van der Waals surface area contributed by atoms with E-state index in [-0.39, 0.29) is 12.0 Å². The lowest BCUT2D eigenvalue weighted by Crippen LogP contribution is -2.45. The number of ether oxygens (including phenoxy) is 1. The van der Waals surface area contributed by atoms with Crippen LogP contribution in [0.15, 0.2) is 6.07 Å². The molecule has 1 atom stereocenters. The highest BCUT2D eigenvalue weighted by atomic mass is 16.5. The van der Waals surface area contributed by atoms with Gasteiger partial charge >= 0.3 is 0 Å². The number of nitrogens with zero attached hydrogens (tertiary/aromatic N) is 2. The van der Waals surface area contributed by atoms with Gasteiger partial charge in [-0.2, -0.15) is 5.10 Å². The van der Waals surface area contributed by atoms with Gasteiger partial charge in [0, 0.05) is 25.3 Å². The first-order chi connectivity index (χ1) is 8.15. The van der Waals surface area contributed by atoms with Crippen LogP contribution in [0.2, 0.25) is 0 Å². The smallest absolute Gasteiger partial charge is 0.271 e. The zero-order chi connectivity index (χ0) is 12.3. The van der Waals surface area contributed by atoms with Crippen LogP contribution in [-0.2, 0) is 4.74 Å².